The summed E-state index contributed by atoms with van der Waals surface area (Å²) in [6.45, 7) is 13.0. The van der Waals surface area contributed by atoms with Gasteiger partial charge in [-0.1, -0.05) is 0 Å². The Morgan fingerprint density at radius 3 is 2.65 bits per heavy atom. The first kappa shape index (κ1) is 24.7. The van der Waals surface area contributed by atoms with Crippen LogP contribution in [0.5, 0.6) is 5.88 Å². The summed E-state index contributed by atoms with van der Waals surface area (Å²) in [5.41, 5.74) is 0.750. The van der Waals surface area contributed by atoms with Gasteiger partial charge in [0.05, 0.1) is 11.8 Å². The number of nitrogens with zero attached hydrogens (tertiary/aromatic N) is 4. The lowest BCUT2D eigenvalue weighted by molar-refractivity contribution is 0.0138. The van der Waals surface area contributed by atoms with Gasteiger partial charge < -0.3 is 19.1 Å². The zero-order valence-electron chi connectivity index (χ0n) is 20.7. The van der Waals surface area contributed by atoms with Crippen LogP contribution in [0.3, 0.4) is 0 Å². The van der Waals surface area contributed by atoms with Crippen LogP contribution < -0.4 is 4.74 Å². The summed E-state index contributed by atoms with van der Waals surface area (Å²) >= 11 is 1.71. The van der Waals surface area contributed by atoms with Gasteiger partial charge >= 0.3 is 12.3 Å². The zero-order valence-corrected chi connectivity index (χ0v) is 21.5. The number of methoxy groups -OCH3 is 1. The largest absolute Gasteiger partial charge is 0.474 e. The molecule has 0 aromatic carbocycles. The Kier molecular flexibility index (Phi) is 7.29. The van der Waals surface area contributed by atoms with Crippen LogP contribution in [0.25, 0.3) is 15.1 Å². The lowest BCUT2D eigenvalue weighted by Gasteiger charge is -2.35. The molecule has 2 aliphatic carbocycles. The second-order valence-electron chi connectivity index (χ2n) is 10.2. The fourth-order valence-corrected chi connectivity index (χ4v) is 6.23. The van der Waals surface area contributed by atoms with Crippen molar-refractivity contribution in [3.8, 4) is 5.88 Å². The first-order valence-electron chi connectivity index (χ1n) is 12.0. The SMILES string of the molecule is [C-]#[N+]C(C[C@H]1CCc2sc3ncnc(OC4CCC(N(C)C(=O)OC(C)(C)C)CC4)c3c21)OC. The van der Waals surface area contributed by atoms with Gasteiger partial charge in [0, 0.05) is 25.1 Å². The molecule has 2 atom stereocenters. The molecule has 2 heterocycles. The van der Waals surface area contributed by atoms with Gasteiger partial charge in [0.25, 0.3) is 0 Å². The van der Waals surface area contributed by atoms with Gasteiger partial charge in [-0.25, -0.2) is 21.3 Å². The highest BCUT2D eigenvalue weighted by Gasteiger charge is 2.35. The number of aromatic nitrogens is 2. The molecule has 0 radical (unpaired) electrons. The van der Waals surface area contributed by atoms with Gasteiger partial charge in [-0.2, -0.15) is 0 Å². The highest BCUT2D eigenvalue weighted by molar-refractivity contribution is 7.19. The summed E-state index contributed by atoms with van der Waals surface area (Å²) < 4.78 is 17.3. The molecule has 0 spiro atoms. The Morgan fingerprint density at radius 2 is 2.00 bits per heavy atom. The molecule has 0 aliphatic heterocycles. The van der Waals surface area contributed by atoms with Crippen LogP contribution in [0.4, 0.5) is 4.79 Å². The number of aryl methyl sites for hydroxylation is 1. The van der Waals surface area contributed by atoms with E-state index >= 15 is 0 Å². The smallest absolute Gasteiger partial charge is 0.410 e. The first-order valence-corrected chi connectivity index (χ1v) is 12.8. The monoisotopic (exact) mass is 486 g/mol. The molecule has 0 bridgehead atoms. The van der Waals surface area contributed by atoms with Gasteiger partial charge in [0.15, 0.2) is 0 Å². The minimum atomic E-state index is -0.499. The lowest BCUT2D eigenvalue weighted by atomic mass is 9.92. The average Bonchev–Trinajstić information content (AvgIpc) is 3.36. The normalized spacial score (nSPS) is 23.2. The number of hydrogen-bond acceptors (Lipinski definition) is 7. The van der Waals surface area contributed by atoms with Crippen molar-refractivity contribution >= 4 is 27.6 Å². The van der Waals surface area contributed by atoms with E-state index < -0.39 is 11.8 Å². The fourth-order valence-electron chi connectivity index (χ4n) is 5.00. The molecule has 2 aliphatic rings. The van der Waals surface area contributed by atoms with Crippen LogP contribution in [0.15, 0.2) is 6.33 Å². The van der Waals surface area contributed by atoms with Crippen molar-refractivity contribution in [2.24, 2.45) is 0 Å². The number of amides is 1. The molecule has 2 aromatic rings. The third kappa shape index (κ3) is 5.28. The predicted octanol–water partition coefficient (Wildman–Crippen LogP) is 5.56. The summed E-state index contributed by atoms with van der Waals surface area (Å²) in [6.07, 6.45) is 7.03. The van der Waals surface area contributed by atoms with Crippen molar-refractivity contribution in [2.75, 3.05) is 14.2 Å². The van der Waals surface area contributed by atoms with E-state index in [2.05, 4.69) is 14.8 Å². The fraction of sp³-hybridized carbons (Fsp3) is 0.680. The molecule has 1 saturated carbocycles. The molecule has 184 valence electrons. The predicted molar refractivity (Wildman–Crippen MR) is 131 cm³/mol. The van der Waals surface area contributed by atoms with Crippen LogP contribution >= 0.6 is 11.3 Å². The van der Waals surface area contributed by atoms with Gasteiger partial charge in [-0.05, 0) is 70.8 Å². The zero-order chi connectivity index (χ0) is 24.5. The van der Waals surface area contributed by atoms with E-state index in [-0.39, 0.29) is 24.2 Å². The van der Waals surface area contributed by atoms with Crippen LogP contribution in [-0.4, -0.2) is 59.1 Å². The maximum atomic E-state index is 12.4. The summed E-state index contributed by atoms with van der Waals surface area (Å²) in [6, 6.07) is 0.148. The van der Waals surface area contributed by atoms with E-state index in [0.717, 1.165) is 48.7 Å². The minimum absolute atomic E-state index is 0.0479. The second-order valence-corrected chi connectivity index (χ2v) is 11.3. The quantitative estimate of drug-likeness (QED) is 0.498. The number of ether oxygens (including phenoxy) is 3. The van der Waals surface area contributed by atoms with Crippen LogP contribution in [0.1, 0.15) is 75.7 Å². The molecule has 9 heteroatoms. The van der Waals surface area contributed by atoms with Gasteiger partial charge in [0.2, 0.25) is 5.88 Å². The number of carbonyl (C=O) groups is 1. The Bertz CT molecular complexity index is 1070. The molecule has 34 heavy (non-hydrogen) atoms. The van der Waals surface area contributed by atoms with Crippen LogP contribution in [0, 0.1) is 6.57 Å². The molecule has 2 aromatic heterocycles. The molecule has 1 unspecified atom stereocenters. The van der Waals surface area contributed by atoms with Gasteiger partial charge in [-0.3, -0.25) is 4.85 Å². The van der Waals surface area contributed by atoms with Crippen molar-refractivity contribution in [1.29, 1.82) is 0 Å². The standard InChI is InChI=1S/C25H34N4O4S/c1-25(2,3)33-24(30)29(5)16-8-10-17(11-9-16)32-22-21-20-15(13-19(26-4)31-6)7-12-18(20)34-23(21)28-14-27-22/h14-17,19H,7-13H2,1-3,5-6H3/t15-,16?,17?,19?/m1/s1. The summed E-state index contributed by atoms with van der Waals surface area (Å²) in [4.78, 5) is 29.1. The molecule has 0 saturated heterocycles. The van der Waals surface area contributed by atoms with Crippen LogP contribution in [0.2, 0.25) is 0 Å². The van der Waals surface area contributed by atoms with Crippen molar-refractivity contribution in [1.82, 2.24) is 14.9 Å². The molecular formula is C25H34N4O4S. The Hall–Kier alpha value is -2.44. The summed E-state index contributed by atoms with van der Waals surface area (Å²) in [7, 11) is 3.41. The third-order valence-electron chi connectivity index (χ3n) is 6.75. The molecule has 1 fully saturated rings. The number of thiophene rings is 1. The Morgan fingerprint density at radius 1 is 1.26 bits per heavy atom. The van der Waals surface area contributed by atoms with Crippen LogP contribution in [-0.2, 0) is 15.9 Å². The molecular weight excluding hydrogens is 452 g/mol. The summed E-state index contributed by atoms with van der Waals surface area (Å²) in [5, 5.41) is 1.01. The van der Waals surface area contributed by atoms with Crippen molar-refractivity contribution < 1.29 is 19.0 Å². The highest BCUT2D eigenvalue weighted by atomic mass is 32.1. The first-order chi connectivity index (χ1) is 16.2. The van der Waals surface area contributed by atoms with E-state index in [1.807, 2.05) is 27.8 Å². The third-order valence-corrected chi connectivity index (χ3v) is 7.92. The number of hydrogen-bond donors (Lipinski definition) is 0. The van der Waals surface area contributed by atoms with Crippen molar-refractivity contribution in [2.45, 2.75) is 95.6 Å². The summed E-state index contributed by atoms with van der Waals surface area (Å²) in [5.74, 6) is 0.907. The molecule has 8 nitrogen and oxygen atoms in total. The average molecular weight is 487 g/mol. The van der Waals surface area contributed by atoms with Gasteiger partial charge in [-0.15, -0.1) is 11.3 Å². The van der Waals surface area contributed by atoms with E-state index in [4.69, 9.17) is 20.8 Å². The highest BCUT2D eigenvalue weighted by Crippen LogP contribution is 2.48. The Labute approximate surface area is 205 Å². The maximum Gasteiger partial charge on any atom is 0.410 e. The number of carbonyl (C=O) groups excluding carboxylic acids is 1. The van der Waals surface area contributed by atoms with E-state index in [1.165, 1.54) is 10.4 Å². The minimum Gasteiger partial charge on any atom is -0.474 e. The van der Waals surface area contributed by atoms with Crippen molar-refractivity contribution in [3.05, 3.63) is 28.2 Å². The Balaban J connectivity index is 1.45. The van der Waals surface area contributed by atoms with E-state index in [1.54, 1.807) is 29.7 Å². The van der Waals surface area contributed by atoms with Gasteiger partial charge in [0.1, 0.15) is 22.9 Å². The van der Waals surface area contributed by atoms with E-state index in [0.29, 0.717) is 12.3 Å². The molecule has 0 N–H and O–H groups in total. The number of fused-ring (bicyclic) bond motifs is 3. The lowest BCUT2D eigenvalue weighted by Crippen LogP contribution is -2.43. The topological polar surface area (TPSA) is 78.1 Å². The number of rotatable bonds is 6. The van der Waals surface area contributed by atoms with E-state index in [9.17, 15) is 4.79 Å². The molecule has 4 rings (SSSR count). The van der Waals surface area contributed by atoms with Crippen molar-refractivity contribution in [3.63, 3.8) is 0 Å². The maximum absolute atomic E-state index is 12.4. The molecule has 1 amide bonds. The second kappa shape index (κ2) is 10.0.